The number of nitrogens with zero attached hydrogens (tertiary/aromatic N) is 2. The van der Waals surface area contributed by atoms with Crippen molar-refractivity contribution < 1.29 is 9.90 Å². The van der Waals surface area contributed by atoms with Gasteiger partial charge in [0, 0.05) is 30.2 Å². The summed E-state index contributed by atoms with van der Waals surface area (Å²) in [6.07, 6.45) is 1.70. The Hall–Kier alpha value is -1.98. The predicted octanol–water partition coefficient (Wildman–Crippen LogP) is 1.28. The van der Waals surface area contributed by atoms with Crippen LogP contribution in [0.25, 0.3) is 10.9 Å². The average Bonchev–Trinajstić information content (AvgIpc) is 2.43. The van der Waals surface area contributed by atoms with Crippen LogP contribution in [0.5, 0.6) is 0 Å². The van der Waals surface area contributed by atoms with Gasteiger partial charge >= 0.3 is 0 Å². The van der Waals surface area contributed by atoms with Crippen LogP contribution in [-0.4, -0.2) is 53.7 Å². The number of benzene rings is 1. The monoisotopic (exact) mass is 287 g/mol. The van der Waals surface area contributed by atoms with Crippen molar-refractivity contribution in [2.24, 2.45) is 0 Å². The maximum atomic E-state index is 12.3. The number of nitrogens with one attached hydrogen (secondary N) is 1. The quantitative estimate of drug-likeness (QED) is 0.869. The third-order valence-electron chi connectivity index (χ3n) is 3.18. The number of hydrogen-bond donors (Lipinski definition) is 2. The van der Waals surface area contributed by atoms with Crippen LogP contribution < -0.4 is 5.32 Å². The van der Waals surface area contributed by atoms with Crippen molar-refractivity contribution in [3.8, 4) is 0 Å². The molecule has 1 atom stereocenters. The van der Waals surface area contributed by atoms with Gasteiger partial charge in [-0.25, -0.2) is 0 Å². The number of amides is 1. The molecular formula is C16H21N3O2. The summed E-state index contributed by atoms with van der Waals surface area (Å²) in [4.78, 5) is 18.4. The highest BCUT2D eigenvalue weighted by molar-refractivity contribution is 6.06. The highest BCUT2D eigenvalue weighted by atomic mass is 16.3. The van der Waals surface area contributed by atoms with Gasteiger partial charge in [-0.05, 0) is 39.2 Å². The number of carbonyl (C=O) groups excluding carboxylic acids is 1. The second-order valence-electron chi connectivity index (χ2n) is 5.79. The molecule has 0 aliphatic heterocycles. The summed E-state index contributed by atoms with van der Waals surface area (Å²) in [5, 5.41) is 13.8. The van der Waals surface area contributed by atoms with Gasteiger partial charge in [-0.3, -0.25) is 9.78 Å². The minimum Gasteiger partial charge on any atom is -0.387 e. The lowest BCUT2D eigenvalue weighted by Crippen LogP contribution is -2.47. The van der Waals surface area contributed by atoms with Crippen LogP contribution in [-0.2, 0) is 0 Å². The molecule has 112 valence electrons. The Bertz CT molecular complexity index is 633. The highest BCUT2D eigenvalue weighted by Gasteiger charge is 2.22. The van der Waals surface area contributed by atoms with E-state index in [4.69, 9.17) is 0 Å². The number of aromatic nitrogens is 1. The van der Waals surface area contributed by atoms with Crippen LogP contribution in [0.3, 0.4) is 0 Å². The van der Waals surface area contributed by atoms with E-state index in [2.05, 4.69) is 10.3 Å². The molecule has 1 unspecified atom stereocenters. The zero-order chi connectivity index (χ0) is 15.5. The molecule has 1 aromatic heterocycles. The van der Waals surface area contributed by atoms with E-state index in [0.717, 1.165) is 10.9 Å². The van der Waals surface area contributed by atoms with E-state index < -0.39 is 5.60 Å². The summed E-state index contributed by atoms with van der Waals surface area (Å²) in [6, 6.07) is 9.12. The van der Waals surface area contributed by atoms with E-state index in [0.29, 0.717) is 12.1 Å². The summed E-state index contributed by atoms with van der Waals surface area (Å²) in [5.41, 5.74) is 0.383. The topological polar surface area (TPSA) is 65.5 Å². The standard InChI is InChI=1S/C16H21N3O2/c1-16(21,11-19(2)3)10-18-15(20)13-6-4-8-14-12(13)7-5-9-17-14/h4-9,21H,10-11H2,1-3H3,(H,18,20). The zero-order valence-electron chi connectivity index (χ0n) is 12.6. The van der Waals surface area contributed by atoms with Crippen molar-refractivity contribution in [3.63, 3.8) is 0 Å². The molecule has 1 amide bonds. The molecule has 0 radical (unpaired) electrons. The summed E-state index contributed by atoms with van der Waals surface area (Å²) in [6.45, 7) is 2.38. The molecule has 2 rings (SSSR count). The fourth-order valence-corrected chi connectivity index (χ4v) is 2.40. The van der Waals surface area contributed by atoms with Crippen molar-refractivity contribution in [1.29, 1.82) is 0 Å². The molecule has 1 heterocycles. The van der Waals surface area contributed by atoms with Gasteiger partial charge in [-0.1, -0.05) is 12.1 Å². The SMILES string of the molecule is CN(C)CC(C)(O)CNC(=O)c1cccc2ncccc12. The molecule has 0 saturated carbocycles. The minimum absolute atomic E-state index is 0.195. The first-order chi connectivity index (χ1) is 9.89. The predicted molar refractivity (Wildman–Crippen MR) is 83.3 cm³/mol. The van der Waals surface area contributed by atoms with Gasteiger partial charge in [-0.15, -0.1) is 0 Å². The molecule has 0 bridgehead atoms. The molecule has 0 fully saturated rings. The maximum Gasteiger partial charge on any atom is 0.252 e. The Balaban J connectivity index is 2.13. The van der Waals surface area contributed by atoms with Gasteiger partial charge < -0.3 is 15.3 Å². The minimum atomic E-state index is -0.970. The Morgan fingerprint density at radius 2 is 2.10 bits per heavy atom. The summed E-state index contributed by atoms with van der Waals surface area (Å²) < 4.78 is 0. The summed E-state index contributed by atoms with van der Waals surface area (Å²) in [7, 11) is 3.76. The van der Waals surface area contributed by atoms with Crippen molar-refractivity contribution in [2.75, 3.05) is 27.2 Å². The molecule has 5 nitrogen and oxygen atoms in total. The summed E-state index contributed by atoms with van der Waals surface area (Å²) in [5.74, 6) is -0.201. The first kappa shape index (κ1) is 15.4. The Morgan fingerprint density at radius 1 is 1.33 bits per heavy atom. The van der Waals surface area contributed by atoms with Crippen molar-refractivity contribution >= 4 is 16.8 Å². The molecule has 1 aromatic carbocycles. The van der Waals surface area contributed by atoms with E-state index in [-0.39, 0.29) is 12.5 Å². The number of fused-ring (bicyclic) bond motifs is 1. The number of carbonyl (C=O) groups is 1. The van der Waals surface area contributed by atoms with Crippen molar-refractivity contribution in [2.45, 2.75) is 12.5 Å². The van der Waals surface area contributed by atoms with Crippen molar-refractivity contribution in [1.82, 2.24) is 15.2 Å². The average molecular weight is 287 g/mol. The van der Waals surface area contributed by atoms with Gasteiger partial charge in [-0.2, -0.15) is 0 Å². The maximum absolute atomic E-state index is 12.3. The largest absolute Gasteiger partial charge is 0.387 e. The fraction of sp³-hybridized carbons (Fsp3) is 0.375. The van der Waals surface area contributed by atoms with Gasteiger partial charge in [0.25, 0.3) is 5.91 Å². The van der Waals surface area contributed by atoms with Crippen LogP contribution in [0.4, 0.5) is 0 Å². The molecule has 2 aromatic rings. The molecular weight excluding hydrogens is 266 g/mol. The normalized spacial score (nSPS) is 14.1. The van der Waals surface area contributed by atoms with Crippen LogP contribution in [0, 0.1) is 0 Å². The van der Waals surface area contributed by atoms with E-state index >= 15 is 0 Å². The Labute approximate surface area is 124 Å². The van der Waals surface area contributed by atoms with Gasteiger partial charge in [0.1, 0.15) is 0 Å². The molecule has 0 aliphatic rings. The van der Waals surface area contributed by atoms with Crippen LogP contribution in [0.2, 0.25) is 0 Å². The molecule has 0 spiro atoms. The lowest BCUT2D eigenvalue weighted by atomic mass is 10.1. The number of pyridine rings is 1. The molecule has 21 heavy (non-hydrogen) atoms. The zero-order valence-corrected chi connectivity index (χ0v) is 12.6. The smallest absolute Gasteiger partial charge is 0.252 e. The third kappa shape index (κ3) is 4.00. The van der Waals surface area contributed by atoms with Crippen molar-refractivity contribution in [3.05, 3.63) is 42.1 Å². The summed E-state index contributed by atoms with van der Waals surface area (Å²) >= 11 is 0. The number of hydrogen-bond acceptors (Lipinski definition) is 4. The Morgan fingerprint density at radius 3 is 2.81 bits per heavy atom. The van der Waals surface area contributed by atoms with Gasteiger partial charge in [0.05, 0.1) is 11.1 Å². The lowest BCUT2D eigenvalue weighted by molar-refractivity contribution is 0.0326. The van der Waals surface area contributed by atoms with Crippen LogP contribution >= 0.6 is 0 Å². The van der Waals surface area contributed by atoms with E-state index in [9.17, 15) is 9.90 Å². The second-order valence-corrected chi connectivity index (χ2v) is 5.79. The van der Waals surface area contributed by atoms with E-state index in [1.165, 1.54) is 0 Å². The first-order valence-electron chi connectivity index (χ1n) is 6.88. The first-order valence-corrected chi connectivity index (χ1v) is 6.88. The van der Waals surface area contributed by atoms with Crippen LogP contribution in [0.15, 0.2) is 36.5 Å². The number of likely N-dealkylation sites (N-methyl/N-ethyl adjacent to an activating group) is 1. The number of aliphatic hydroxyl groups is 1. The van der Waals surface area contributed by atoms with E-state index in [1.54, 1.807) is 25.3 Å². The highest BCUT2D eigenvalue weighted by Crippen LogP contribution is 2.16. The number of rotatable bonds is 5. The molecule has 0 saturated heterocycles. The van der Waals surface area contributed by atoms with Crippen LogP contribution in [0.1, 0.15) is 17.3 Å². The van der Waals surface area contributed by atoms with Gasteiger partial charge in [0.2, 0.25) is 0 Å². The fourth-order valence-electron chi connectivity index (χ4n) is 2.40. The molecule has 0 aliphatic carbocycles. The lowest BCUT2D eigenvalue weighted by Gasteiger charge is -2.27. The van der Waals surface area contributed by atoms with E-state index in [1.807, 2.05) is 37.2 Å². The third-order valence-corrected chi connectivity index (χ3v) is 3.18. The Kier molecular flexibility index (Phi) is 4.55. The molecule has 2 N–H and O–H groups in total. The molecule has 5 heteroatoms. The van der Waals surface area contributed by atoms with Gasteiger partial charge in [0.15, 0.2) is 0 Å². The second kappa shape index (κ2) is 6.20.